The summed E-state index contributed by atoms with van der Waals surface area (Å²) in [5.41, 5.74) is 3.50. The summed E-state index contributed by atoms with van der Waals surface area (Å²) < 4.78 is 5.21. The number of benzene rings is 1. The second-order valence-electron chi connectivity index (χ2n) is 3.73. The maximum atomic E-state index is 10.5. The molecule has 0 aliphatic carbocycles. The second kappa shape index (κ2) is 6.28. The summed E-state index contributed by atoms with van der Waals surface area (Å²) in [7, 11) is 1.60. The Balaban J connectivity index is 2.89. The van der Waals surface area contributed by atoms with Crippen molar-refractivity contribution >= 4 is 12.0 Å². The van der Waals surface area contributed by atoms with Gasteiger partial charge < -0.3 is 14.8 Å². The van der Waals surface area contributed by atoms with Gasteiger partial charge in [0.2, 0.25) is 0 Å². The van der Waals surface area contributed by atoms with Gasteiger partial charge in [0.15, 0.2) is 0 Å². The molecule has 0 saturated heterocycles. The summed E-state index contributed by atoms with van der Waals surface area (Å²) in [6.07, 6.45) is 1.93. The lowest BCUT2D eigenvalue weighted by Crippen LogP contribution is -2.23. The minimum atomic E-state index is -0.246. The van der Waals surface area contributed by atoms with Gasteiger partial charge in [-0.05, 0) is 24.5 Å². The highest BCUT2D eigenvalue weighted by Gasteiger charge is 2.10. The summed E-state index contributed by atoms with van der Waals surface area (Å²) >= 11 is 0. The lowest BCUT2D eigenvalue weighted by Gasteiger charge is -2.20. The van der Waals surface area contributed by atoms with Crippen LogP contribution in [0.15, 0.2) is 18.2 Å². The molecule has 0 spiro atoms. The van der Waals surface area contributed by atoms with Gasteiger partial charge in [0.25, 0.3) is 0 Å². The number of anilines is 1. The van der Waals surface area contributed by atoms with Crippen LogP contribution in [0.3, 0.4) is 0 Å². The fraction of sp³-hybridized carbons (Fsp3) is 0.462. The summed E-state index contributed by atoms with van der Waals surface area (Å²) in [5.74, 6) is 0. The molecular weight excluding hydrogens is 202 g/mol. The molecule has 0 amide bonds. The highest BCUT2D eigenvalue weighted by molar-refractivity contribution is 5.59. The topological polar surface area (TPSA) is 38.3 Å². The third-order valence-corrected chi connectivity index (χ3v) is 2.64. The molecule has 1 atom stereocenters. The van der Waals surface area contributed by atoms with Crippen molar-refractivity contribution in [3.8, 4) is 0 Å². The largest absolute Gasteiger partial charge is 0.361 e. The predicted octanol–water partition coefficient (Wildman–Crippen LogP) is 2.53. The zero-order valence-corrected chi connectivity index (χ0v) is 10.1. The van der Waals surface area contributed by atoms with Crippen molar-refractivity contribution in [1.82, 2.24) is 0 Å². The van der Waals surface area contributed by atoms with E-state index in [0.717, 1.165) is 18.4 Å². The Morgan fingerprint density at radius 3 is 2.81 bits per heavy atom. The van der Waals surface area contributed by atoms with Crippen LogP contribution >= 0.6 is 0 Å². The molecule has 3 heteroatoms. The standard InChI is InChI=1S/C13H19NO2/c1-4-11-7-5-6-10(2)13(11)14-12(16-3)8-9-15/h5-7,9,12,14H,4,8H2,1-3H3. The third kappa shape index (κ3) is 3.07. The van der Waals surface area contributed by atoms with E-state index in [0.29, 0.717) is 6.42 Å². The molecule has 1 aromatic carbocycles. The number of nitrogens with one attached hydrogen (secondary N) is 1. The van der Waals surface area contributed by atoms with E-state index in [2.05, 4.69) is 31.3 Å². The first-order valence-electron chi connectivity index (χ1n) is 5.54. The molecule has 0 radical (unpaired) electrons. The number of hydrogen-bond donors (Lipinski definition) is 1. The maximum absolute atomic E-state index is 10.5. The van der Waals surface area contributed by atoms with Crippen molar-refractivity contribution in [2.45, 2.75) is 32.9 Å². The minimum absolute atomic E-state index is 0.246. The molecule has 1 N–H and O–H groups in total. The van der Waals surface area contributed by atoms with Crippen LogP contribution in [0.5, 0.6) is 0 Å². The van der Waals surface area contributed by atoms with Crippen LogP contribution in [0.25, 0.3) is 0 Å². The molecule has 0 aromatic heterocycles. The van der Waals surface area contributed by atoms with Crippen LogP contribution in [0.2, 0.25) is 0 Å². The van der Waals surface area contributed by atoms with Crippen molar-refractivity contribution in [2.75, 3.05) is 12.4 Å². The fourth-order valence-corrected chi connectivity index (χ4v) is 1.69. The summed E-state index contributed by atoms with van der Waals surface area (Å²) in [6.45, 7) is 4.16. The third-order valence-electron chi connectivity index (χ3n) is 2.64. The Labute approximate surface area is 96.8 Å². The van der Waals surface area contributed by atoms with Crippen LogP contribution in [0.4, 0.5) is 5.69 Å². The van der Waals surface area contributed by atoms with Crippen LogP contribution in [-0.2, 0) is 16.0 Å². The summed E-state index contributed by atoms with van der Waals surface area (Å²) in [6, 6.07) is 6.18. The van der Waals surface area contributed by atoms with Gasteiger partial charge in [0, 0.05) is 19.2 Å². The molecule has 0 aliphatic rings. The van der Waals surface area contributed by atoms with Crippen molar-refractivity contribution in [3.05, 3.63) is 29.3 Å². The molecule has 0 saturated carbocycles. The van der Waals surface area contributed by atoms with Gasteiger partial charge in [0.1, 0.15) is 12.5 Å². The van der Waals surface area contributed by atoms with Gasteiger partial charge in [0.05, 0.1) is 0 Å². The minimum Gasteiger partial charge on any atom is -0.361 e. The quantitative estimate of drug-likeness (QED) is 0.592. The van der Waals surface area contributed by atoms with E-state index in [1.54, 1.807) is 7.11 Å². The van der Waals surface area contributed by atoms with Gasteiger partial charge in [-0.3, -0.25) is 0 Å². The first-order valence-corrected chi connectivity index (χ1v) is 5.54. The van der Waals surface area contributed by atoms with Gasteiger partial charge >= 0.3 is 0 Å². The molecule has 0 fully saturated rings. The van der Waals surface area contributed by atoms with Crippen LogP contribution in [-0.4, -0.2) is 19.6 Å². The van der Waals surface area contributed by atoms with Crippen molar-refractivity contribution in [1.29, 1.82) is 0 Å². The normalized spacial score (nSPS) is 12.2. The zero-order valence-electron chi connectivity index (χ0n) is 10.1. The first kappa shape index (κ1) is 12.7. The molecule has 3 nitrogen and oxygen atoms in total. The van der Waals surface area contributed by atoms with E-state index in [-0.39, 0.29) is 6.23 Å². The average Bonchev–Trinajstić information content (AvgIpc) is 2.30. The number of carbonyl (C=O) groups excluding carboxylic acids is 1. The van der Waals surface area contributed by atoms with Crippen molar-refractivity contribution in [3.63, 3.8) is 0 Å². The van der Waals surface area contributed by atoms with Gasteiger partial charge in [-0.25, -0.2) is 0 Å². The fourth-order valence-electron chi connectivity index (χ4n) is 1.69. The highest BCUT2D eigenvalue weighted by atomic mass is 16.5. The van der Waals surface area contributed by atoms with Gasteiger partial charge in [-0.1, -0.05) is 25.1 Å². The predicted molar refractivity (Wildman–Crippen MR) is 65.7 cm³/mol. The van der Waals surface area contributed by atoms with Crippen LogP contribution in [0, 0.1) is 6.92 Å². The van der Waals surface area contributed by atoms with Crippen LogP contribution < -0.4 is 5.32 Å². The molecule has 1 rings (SSSR count). The molecule has 88 valence electrons. The molecule has 16 heavy (non-hydrogen) atoms. The summed E-state index contributed by atoms with van der Waals surface area (Å²) in [5, 5.41) is 3.26. The molecule has 1 unspecified atom stereocenters. The maximum Gasteiger partial charge on any atom is 0.133 e. The van der Waals surface area contributed by atoms with E-state index in [9.17, 15) is 4.79 Å². The monoisotopic (exact) mass is 221 g/mol. The number of rotatable bonds is 6. The van der Waals surface area contributed by atoms with E-state index in [1.807, 2.05) is 6.07 Å². The highest BCUT2D eigenvalue weighted by Crippen LogP contribution is 2.22. The van der Waals surface area contributed by atoms with Crippen molar-refractivity contribution in [2.24, 2.45) is 0 Å². The number of methoxy groups -OCH3 is 1. The Hall–Kier alpha value is -1.35. The molecular formula is C13H19NO2. The molecule has 1 aromatic rings. The van der Waals surface area contributed by atoms with Gasteiger partial charge in [-0.2, -0.15) is 0 Å². The number of aryl methyl sites for hydroxylation is 2. The lowest BCUT2D eigenvalue weighted by atomic mass is 10.1. The number of aldehydes is 1. The Morgan fingerprint density at radius 2 is 2.25 bits per heavy atom. The number of hydrogen-bond acceptors (Lipinski definition) is 3. The van der Waals surface area contributed by atoms with E-state index in [1.165, 1.54) is 11.1 Å². The second-order valence-corrected chi connectivity index (χ2v) is 3.73. The SMILES string of the molecule is CCc1cccc(C)c1NC(CC=O)OC. The number of carbonyl (C=O) groups is 1. The number of ether oxygens (including phenoxy) is 1. The zero-order chi connectivity index (χ0) is 12.0. The lowest BCUT2D eigenvalue weighted by molar-refractivity contribution is -0.109. The van der Waals surface area contributed by atoms with E-state index < -0.39 is 0 Å². The Kier molecular flexibility index (Phi) is 4.99. The molecule has 0 aliphatic heterocycles. The average molecular weight is 221 g/mol. The first-order chi connectivity index (χ1) is 7.72. The number of para-hydroxylation sites is 1. The molecule has 0 heterocycles. The summed E-state index contributed by atoms with van der Waals surface area (Å²) in [4.78, 5) is 10.5. The van der Waals surface area contributed by atoms with Crippen molar-refractivity contribution < 1.29 is 9.53 Å². The van der Waals surface area contributed by atoms with E-state index in [4.69, 9.17) is 4.74 Å². The van der Waals surface area contributed by atoms with Crippen LogP contribution in [0.1, 0.15) is 24.5 Å². The Morgan fingerprint density at radius 1 is 1.50 bits per heavy atom. The van der Waals surface area contributed by atoms with E-state index >= 15 is 0 Å². The molecule has 0 bridgehead atoms. The van der Waals surface area contributed by atoms with Gasteiger partial charge in [-0.15, -0.1) is 0 Å². The Bertz CT molecular complexity index is 350. The smallest absolute Gasteiger partial charge is 0.133 e.